The van der Waals surface area contributed by atoms with Crippen LogP contribution in [0, 0.1) is 0 Å². The molecule has 2 heterocycles. The number of benzene rings is 1. The average molecular weight is 430 g/mol. The molecule has 4 nitrogen and oxygen atoms in total. The Bertz CT molecular complexity index is 765. The summed E-state index contributed by atoms with van der Waals surface area (Å²) in [6.45, 7) is 6.54. The summed E-state index contributed by atoms with van der Waals surface area (Å²) in [5.41, 5.74) is 1.94. The van der Waals surface area contributed by atoms with Crippen molar-refractivity contribution in [1.82, 2.24) is 9.88 Å². The molecule has 1 saturated heterocycles. The van der Waals surface area contributed by atoms with E-state index in [1.165, 1.54) is 12.1 Å². The quantitative estimate of drug-likeness (QED) is 0.652. The van der Waals surface area contributed by atoms with Crippen LogP contribution in [0.3, 0.4) is 0 Å². The van der Waals surface area contributed by atoms with Gasteiger partial charge in [0.1, 0.15) is 10.4 Å². The van der Waals surface area contributed by atoms with E-state index in [0.29, 0.717) is 6.67 Å². The van der Waals surface area contributed by atoms with E-state index in [0.717, 1.165) is 28.9 Å². The molecule has 3 rings (SSSR count). The molecule has 1 fully saturated rings. The van der Waals surface area contributed by atoms with E-state index in [9.17, 15) is 13.2 Å². The van der Waals surface area contributed by atoms with Crippen LogP contribution in [0.15, 0.2) is 47.2 Å². The Kier molecular flexibility index (Phi) is 5.16. The Morgan fingerprint density at radius 1 is 1.19 bits per heavy atom. The molecule has 1 aliphatic heterocycles. The predicted molar refractivity (Wildman–Crippen MR) is 96.9 cm³/mol. The molecule has 1 aromatic heterocycles. The summed E-state index contributed by atoms with van der Waals surface area (Å²) in [7, 11) is 0. The highest BCUT2D eigenvalue weighted by Gasteiger charge is 2.37. The van der Waals surface area contributed by atoms with Gasteiger partial charge in [-0.3, -0.25) is 4.90 Å². The molecule has 2 aromatic rings. The van der Waals surface area contributed by atoms with Crippen LogP contribution >= 0.6 is 15.9 Å². The van der Waals surface area contributed by atoms with Crippen LogP contribution < -0.4 is 9.64 Å². The Morgan fingerprint density at radius 3 is 2.50 bits per heavy atom. The van der Waals surface area contributed by atoms with Crippen molar-refractivity contribution in [1.29, 1.82) is 0 Å². The smallest absolute Gasteiger partial charge is 0.406 e. The van der Waals surface area contributed by atoms with Gasteiger partial charge in [0.15, 0.2) is 0 Å². The van der Waals surface area contributed by atoms with Crippen LogP contribution in [0.25, 0.3) is 0 Å². The second kappa shape index (κ2) is 7.08. The van der Waals surface area contributed by atoms with Crippen molar-refractivity contribution in [3.8, 4) is 5.75 Å². The normalized spacial score (nSPS) is 17.5. The largest absolute Gasteiger partial charge is 0.573 e. The fraction of sp³-hybridized carbons (Fsp3) is 0.389. The third kappa shape index (κ3) is 4.67. The maximum atomic E-state index is 12.3. The van der Waals surface area contributed by atoms with Crippen molar-refractivity contribution in [2.45, 2.75) is 32.3 Å². The number of hydrogen-bond acceptors (Lipinski definition) is 4. The van der Waals surface area contributed by atoms with Crippen LogP contribution in [-0.2, 0) is 6.54 Å². The Labute approximate surface area is 158 Å². The molecule has 0 unspecified atom stereocenters. The zero-order valence-corrected chi connectivity index (χ0v) is 16.0. The lowest BCUT2D eigenvalue weighted by molar-refractivity contribution is -0.274. The van der Waals surface area contributed by atoms with Crippen molar-refractivity contribution < 1.29 is 17.9 Å². The summed E-state index contributed by atoms with van der Waals surface area (Å²) < 4.78 is 41.6. The lowest BCUT2D eigenvalue weighted by Crippen LogP contribution is -2.39. The lowest BCUT2D eigenvalue weighted by atomic mass is 10.0. The predicted octanol–water partition coefficient (Wildman–Crippen LogP) is 4.80. The molecular formula is C18H19BrF3N3O. The van der Waals surface area contributed by atoms with Gasteiger partial charge in [-0.15, -0.1) is 13.2 Å². The standard InChI is InChI=1S/C18H19BrF3N3O/c1-17(2)11-24(12-25(17)10-13-7-8-23-16(19)9-13)14-3-5-15(6-4-14)26-18(20,21)22/h3-9H,10-12H2,1-2H3. The van der Waals surface area contributed by atoms with E-state index in [2.05, 4.69) is 49.3 Å². The van der Waals surface area contributed by atoms with E-state index >= 15 is 0 Å². The van der Waals surface area contributed by atoms with Gasteiger partial charge in [0.05, 0.1) is 6.67 Å². The molecule has 26 heavy (non-hydrogen) atoms. The molecule has 140 valence electrons. The number of halogens is 4. The Hall–Kier alpha value is -1.80. The number of rotatable bonds is 4. The highest BCUT2D eigenvalue weighted by Crippen LogP contribution is 2.32. The average Bonchev–Trinajstić information content (AvgIpc) is 2.81. The van der Waals surface area contributed by atoms with Crippen molar-refractivity contribution in [2.24, 2.45) is 0 Å². The summed E-state index contributed by atoms with van der Waals surface area (Å²) in [6, 6.07) is 9.97. The fourth-order valence-corrected chi connectivity index (χ4v) is 3.48. The third-order valence-corrected chi connectivity index (χ3v) is 4.81. The molecule has 0 bridgehead atoms. The maximum Gasteiger partial charge on any atom is 0.573 e. The Balaban J connectivity index is 1.70. The molecule has 8 heteroatoms. The number of anilines is 1. The zero-order valence-electron chi connectivity index (χ0n) is 14.4. The first-order valence-corrected chi connectivity index (χ1v) is 8.88. The first-order chi connectivity index (χ1) is 12.1. The van der Waals surface area contributed by atoms with Crippen LogP contribution in [0.5, 0.6) is 5.75 Å². The summed E-state index contributed by atoms with van der Waals surface area (Å²) in [5, 5.41) is 0. The van der Waals surface area contributed by atoms with Crippen LogP contribution in [0.1, 0.15) is 19.4 Å². The number of alkyl halides is 3. The molecule has 0 atom stereocenters. The van der Waals surface area contributed by atoms with Crippen molar-refractivity contribution in [3.63, 3.8) is 0 Å². The van der Waals surface area contributed by atoms with Crippen LogP contribution in [-0.4, -0.2) is 35.0 Å². The first kappa shape index (κ1) is 19.0. The minimum atomic E-state index is -4.67. The van der Waals surface area contributed by atoms with Gasteiger partial charge >= 0.3 is 6.36 Å². The van der Waals surface area contributed by atoms with E-state index in [1.54, 1.807) is 18.3 Å². The maximum absolute atomic E-state index is 12.3. The Morgan fingerprint density at radius 2 is 1.88 bits per heavy atom. The zero-order chi connectivity index (χ0) is 18.9. The second-order valence-corrected chi connectivity index (χ2v) is 7.69. The van der Waals surface area contributed by atoms with Crippen LogP contribution in [0.4, 0.5) is 18.9 Å². The second-order valence-electron chi connectivity index (χ2n) is 6.88. The summed E-state index contributed by atoms with van der Waals surface area (Å²) in [6.07, 6.45) is -2.91. The minimum absolute atomic E-state index is 0.0725. The van der Waals surface area contributed by atoms with Crippen molar-refractivity contribution in [2.75, 3.05) is 18.1 Å². The van der Waals surface area contributed by atoms with E-state index in [4.69, 9.17) is 0 Å². The molecular weight excluding hydrogens is 411 g/mol. The van der Waals surface area contributed by atoms with E-state index in [-0.39, 0.29) is 11.3 Å². The van der Waals surface area contributed by atoms with Gasteiger partial charge in [0.2, 0.25) is 0 Å². The number of nitrogens with zero attached hydrogens (tertiary/aromatic N) is 3. The highest BCUT2D eigenvalue weighted by molar-refractivity contribution is 9.10. The third-order valence-electron chi connectivity index (χ3n) is 4.38. The molecule has 0 saturated carbocycles. The molecule has 0 aliphatic carbocycles. The van der Waals surface area contributed by atoms with Crippen LogP contribution in [0.2, 0.25) is 0 Å². The molecule has 1 aliphatic rings. The van der Waals surface area contributed by atoms with Gasteiger partial charge in [0.25, 0.3) is 0 Å². The minimum Gasteiger partial charge on any atom is -0.406 e. The van der Waals surface area contributed by atoms with E-state index in [1.807, 2.05) is 12.1 Å². The van der Waals surface area contributed by atoms with Gasteiger partial charge in [-0.25, -0.2) is 4.98 Å². The molecule has 0 N–H and O–H groups in total. The summed E-state index contributed by atoms with van der Waals surface area (Å²) >= 11 is 3.38. The van der Waals surface area contributed by atoms with Gasteiger partial charge in [-0.05, 0) is 71.7 Å². The fourth-order valence-electron chi connectivity index (χ4n) is 3.07. The summed E-state index contributed by atoms with van der Waals surface area (Å²) in [4.78, 5) is 8.62. The first-order valence-electron chi connectivity index (χ1n) is 8.09. The summed E-state index contributed by atoms with van der Waals surface area (Å²) in [5.74, 6) is -0.210. The van der Waals surface area contributed by atoms with Crippen molar-refractivity contribution >= 4 is 21.6 Å². The van der Waals surface area contributed by atoms with Gasteiger partial charge in [0, 0.05) is 30.5 Å². The molecule has 1 aromatic carbocycles. The lowest BCUT2D eigenvalue weighted by Gasteiger charge is -2.29. The van der Waals surface area contributed by atoms with Gasteiger partial charge in [-0.1, -0.05) is 0 Å². The topological polar surface area (TPSA) is 28.6 Å². The van der Waals surface area contributed by atoms with E-state index < -0.39 is 6.36 Å². The van der Waals surface area contributed by atoms with Gasteiger partial charge < -0.3 is 9.64 Å². The van der Waals surface area contributed by atoms with Gasteiger partial charge in [-0.2, -0.15) is 0 Å². The monoisotopic (exact) mass is 429 g/mol. The molecule has 0 spiro atoms. The number of hydrogen-bond donors (Lipinski definition) is 0. The highest BCUT2D eigenvalue weighted by atomic mass is 79.9. The number of pyridine rings is 1. The molecule has 0 radical (unpaired) electrons. The molecule has 0 amide bonds. The SMILES string of the molecule is CC1(C)CN(c2ccc(OC(F)(F)F)cc2)CN1Cc1ccnc(Br)c1. The number of aromatic nitrogens is 1. The number of ether oxygens (including phenoxy) is 1. The van der Waals surface area contributed by atoms with Crippen molar-refractivity contribution in [3.05, 3.63) is 52.8 Å².